The molecule has 1 saturated heterocycles. The van der Waals surface area contributed by atoms with Crippen LogP contribution in [0.4, 0.5) is 4.39 Å². The molecular weight excluding hydrogens is 471 g/mol. The zero-order chi connectivity index (χ0) is 24.5. The van der Waals surface area contributed by atoms with Gasteiger partial charge in [0, 0.05) is 33.2 Å². The lowest BCUT2D eigenvalue weighted by atomic mass is 10.3. The van der Waals surface area contributed by atoms with Crippen molar-refractivity contribution in [3.8, 4) is 0 Å². The van der Waals surface area contributed by atoms with Crippen LogP contribution in [0.3, 0.4) is 0 Å². The molecule has 180 valence electrons. The topological polar surface area (TPSA) is 137 Å². The lowest BCUT2D eigenvalue weighted by Gasteiger charge is -2.33. The number of carbonyl (C=O) groups is 2. The molecule has 1 aromatic carbocycles. The van der Waals surface area contributed by atoms with Gasteiger partial charge in [-0.3, -0.25) is 23.6 Å². The Bertz CT molecular complexity index is 1390. The number of aryl methyl sites for hydroxylation is 1. The van der Waals surface area contributed by atoms with Gasteiger partial charge in [-0.25, -0.2) is 17.8 Å². The third kappa shape index (κ3) is 4.68. The summed E-state index contributed by atoms with van der Waals surface area (Å²) in [5, 5.41) is 4.20. The van der Waals surface area contributed by atoms with E-state index in [0.29, 0.717) is 5.65 Å². The first-order valence-electron chi connectivity index (χ1n) is 10.2. The summed E-state index contributed by atoms with van der Waals surface area (Å²) < 4.78 is 47.1. The summed E-state index contributed by atoms with van der Waals surface area (Å²) in [6.45, 7) is -0.651. The summed E-state index contributed by atoms with van der Waals surface area (Å²) in [5.41, 5.74) is -0.0785. The zero-order valence-corrected chi connectivity index (χ0v) is 18.9. The van der Waals surface area contributed by atoms with E-state index in [1.54, 1.807) is 7.05 Å². The summed E-state index contributed by atoms with van der Waals surface area (Å²) in [6, 6.07) is 4.52. The van der Waals surface area contributed by atoms with E-state index in [1.165, 1.54) is 38.5 Å². The van der Waals surface area contributed by atoms with E-state index in [4.69, 9.17) is 4.74 Å². The van der Waals surface area contributed by atoms with E-state index in [2.05, 4.69) is 10.1 Å². The molecule has 2 aromatic heterocycles. The summed E-state index contributed by atoms with van der Waals surface area (Å²) in [4.78, 5) is 42.4. The molecule has 0 N–H and O–H groups in total. The molecule has 1 aliphatic rings. The van der Waals surface area contributed by atoms with Crippen LogP contribution in [0.1, 0.15) is 0 Å². The number of hydrogen-bond acceptors (Lipinski definition) is 8. The molecule has 12 nitrogen and oxygen atoms in total. The Kier molecular flexibility index (Phi) is 6.43. The third-order valence-corrected chi connectivity index (χ3v) is 7.33. The van der Waals surface area contributed by atoms with Crippen LogP contribution in [0.5, 0.6) is 0 Å². The number of benzene rings is 1. The van der Waals surface area contributed by atoms with Crippen molar-refractivity contribution in [3.05, 3.63) is 53.0 Å². The molecule has 0 aliphatic carbocycles. The van der Waals surface area contributed by atoms with E-state index in [1.807, 2.05) is 0 Å². The normalized spacial score (nSPS) is 14.9. The van der Waals surface area contributed by atoms with Gasteiger partial charge in [-0.1, -0.05) is 0 Å². The molecule has 0 unspecified atom stereocenters. The second-order valence-corrected chi connectivity index (χ2v) is 9.52. The second kappa shape index (κ2) is 9.30. The number of nitrogens with zero attached hydrogens (tertiary/aromatic N) is 6. The van der Waals surface area contributed by atoms with Gasteiger partial charge in [-0.2, -0.15) is 9.40 Å². The van der Waals surface area contributed by atoms with Crippen LogP contribution >= 0.6 is 0 Å². The number of aromatic nitrogens is 4. The number of hydrogen-bond donors (Lipinski definition) is 0. The highest BCUT2D eigenvalue weighted by Gasteiger charge is 2.30. The first-order chi connectivity index (χ1) is 16.2. The number of fused-ring (bicyclic) bond motifs is 1. The maximum absolute atomic E-state index is 13.1. The molecule has 1 aliphatic heterocycles. The lowest BCUT2D eigenvalue weighted by molar-refractivity contribution is -0.153. The van der Waals surface area contributed by atoms with Crippen molar-refractivity contribution in [1.82, 2.24) is 28.5 Å². The van der Waals surface area contributed by atoms with Crippen LogP contribution in [0.2, 0.25) is 0 Å². The zero-order valence-electron chi connectivity index (χ0n) is 18.1. The molecule has 0 radical (unpaired) electrons. The molecule has 3 heterocycles. The van der Waals surface area contributed by atoms with Gasteiger partial charge in [0.25, 0.3) is 11.5 Å². The molecule has 0 saturated carbocycles. The average Bonchev–Trinajstić information content (AvgIpc) is 3.21. The Morgan fingerprint density at radius 1 is 1.12 bits per heavy atom. The highest BCUT2D eigenvalue weighted by atomic mass is 32.2. The van der Waals surface area contributed by atoms with Crippen molar-refractivity contribution in [2.24, 2.45) is 7.05 Å². The highest BCUT2D eigenvalue weighted by Crippen LogP contribution is 2.18. The minimum atomic E-state index is -3.81. The van der Waals surface area contributed by atoms with E-state index in [0.717, 1.165) is 16.7 Å². The van der Waals surface area contributed by atoms with Crippen molar-refractivity contribution in [2.45, 2.75) is 11.4 Å². The first kappa shape index (κ1) is 23.5. The fraction of sp³-hybridized carbons (Fsp3) is 0.350. The van der Waals surface area contributed by atoms with E-state index < -0.39 is 46.4 Å². The molecule has 1 amide bonds. The van der Waals surface area contributed by atoms with Crippen LogP contribution < -0.4 is 5.56 Å². The fourth-order valence-electron chi connectivity index (χ4n) is 3.53. The number of esters is 1. The summed E-state index contributed by atoms with van der Waals surface area (Å²) >= 11 is 0. The Balaban J connectivity index is 1.29. The summed E-state index contributed by atoms with van der Waals surface area (Å²) in [7, 11) is -2.17. The van der Waals surface area contributed by atoms with Crippen molar-refractivity contribution in [2.75, 3.05) is 32.8 Å². The van der Waals surface area contributed by atoms with Gasteiger partial charge >= 0.3 is 5.97 Å². The third-order valence-electron chi connectivity index (χ3n) is 5.42. The van der Waals surface area contributed by atoms with E-state index in [-0.39, 0.29) is 36.5 Å². The standard InChI is InChI=1S/C20H21FN6O6S/c1-24-19-16(10-23-24)20(30)26(13-22-19)11-18(29)33-12-17(28)25-6-8-27(9-7-25)34(31,32)15-4-2-14(21)3-5-15/h2-5,10,13H,6-9,11-12H2,1H3. The molecule has 14 heteroatoms. The number of piperazine rings is 1. The summed E-state index contributed by atoms with van der Waals surface area (Å²) in [5.74, 6) is -1.82. The monoisotopic (exact) mass is 492 g/mol. The molecule has 1 fully saturated rings. The summed E-state index contributed by atoms with van der Waals surface area (Å²) in [6.07, 6.45) is 2.56. The Morgan fingerprint density at radius 3 is 2.47 bits per heavy atom. The number of ether oxygens (including phenoxy) is 1. The van der Waals surface area contributed by atoms with Gasteiger partial charge in [0.1, 0.15) is 24.1 Å². The minimum absolute atomic E-state index is 0.0307. The van der Waals surface area contributed by atoms with Crippen LogP contribution in [0.15, 0.2) is 46.5 Å². The van der Waals surface area contributed by atoms with Crippen LogP contribution in [0.25, 0.3) is 11.0 Å². The smallest absolute Gasteiger partial charge is 0.326 e. The van der Waals surface area contributed by atoms with Gasteiger partial charge in [0.2, 0.25) is 10.0 Å². The Hall–Kier alpha value is -3.65. The molecular formula is C20H21FN6O6S. The van der Waals surface area contributed by atoms with Crippen LogP contribution in [0, 0.1) is 5.82 Å². The van der Waals surface area contributed by atoms with Crippen LogP contribution in [-0.2, 0) is 37.9 Å². The Morgan fingerprint density at radius 2 is 1.79 bits per heavy atom. The van der Waals surface area contributed by atoms with E-state index in [9.17, 15) is 27.2 Å². The maximum Gasteiger partial charge on any atom is 0.326 e. The molecule has 3 aromatic rings. The Labute approximate surface area is 193 Å². The van der Waals surface area contributed by atoms with Crippen molar-refractivity contribution >= 4 is 32.9 Å². The second-order valence-electron chi connectivity index (χ2n) is 7.58. The fourth-order valence-corrected chi connectivity index (χ4v) is 4.95. The number of sulfonamides is 1. The molecule has 34 heavy (non-hydrogen) atoms. The maximum atomic E-state index is 13.1. The number of amides is 1. The van der Waals surface area contributed by atoms with Gasteiger partial charge in [0.15, 0.2) is 12.3 Å². The largest absolute Gasteiger partial charge is 0.454 e. The predicted molar refractivity (Wildman–Crippen MR) is 115 cm³/mol. The number of halogens is 1. The first-order valence-corrected chi connectivity index (χ1v) is 11.7. The quantitative estimate of drug-likeness (QED) is 0.414. The minimum Gasteiger partial charge on any atom is -0.454 e. The molecule has 0 spiro atoms. The van der Waals surface area contributed by atoms with Crippen molar-refractivity contribution in [1.29, 1.82) is 0 Å². The van der Waals surface area contributed by atoms with E-state index >= 15 is 0 Å². The SMILES string of the molecule is Cn1ncc2c(=O)n(CC(=O)OCC(=O)N3CCN(S(=O)(=O)c4ccc(F)cc4)CC3)cnc21. The number of carbonyl (C=O) groups excluding carboxylic acids is 2. The number of rotatable bonds is 6. The van der Waals surface area contributed by atoms with Crippen molar-refractivity contribution in [3.63, 3.8) is 0 Å². The molecule has 0 atom stereocenters. The van der Waals surface area contributed by atoms with Crippen molar-refractivity contribution < 1.29 is 27.1 Å². The predicted octanol–water partition coefficient (Wildman–Crippen LogP) is -0.655. The van der Waals surface area contributed by atoms with Gasteiger partial charge < -0.3 is 9.64 Å². The average molecular weight is 492 g/mol. The molecule has 0 bridgehead atoms. The highest BCUT2D eigenvalue weighted by molar-refractivity contribution is 7.89. The van der Waals surface area contributed by atoms with Gasteiger partial charge in [-0.05, 0) is 24.3 Å². The van der Waals surface area contributed by atoms with Gasteiger partial charge in [0.05, 0.1) is 11.1 Å². The van der Waals surface area contributed by atoms with Crippen LogP contribution in [-0.4, -0.2) is 81.6 Å². The molecule has 4 rings (SSSR count). The lowest BCUT2D eigenvalue weighted by Crippen LogP contribution is -2.51. The van der Waals surface area contributed by atoms with Gasteiger partial charge in [-0.15, -0.1) is 0 Å².